The number of fused-ring (bicyclic) bond motifs is 1. The molecule has 0 saturated carbocycles. The van der Waals surface area contributed by atoms with Crippen LogP contribution in [0.15, 0.2) is 42.7 Å². The van der Waals surface area contributed by atoms with Gasteiger partial charge in [-0.05, 0) is 56.0 Å². The van der Waals surface area contributed by atoms with Gasteiger partial charge in [-0.2, -0.15) is 5.26 Å². The van der Waals surface area contributed by atoms with Crippen molar-refractivity contribution in [3.63, 3.8) is 0 Å². The monoisotopic (exact) mass is 374 g/mol. The number of ether oxygens (including phenoxy) is 1. The summed E-state index contributed by atoms with van der Waals surface area (Å²) in [6.45, 7) is 8.73. The van der Waals surface area contributed by atoms with Gasteiger partial charge in [-0.1, -0.05) is 19.9 Å². The molecule has 1 aromatic carbocycles. The maximum absolute atomic E-state index is 9.10. The zero-order valence-electron chi connectivity index (χ0n) is 16.9. The number of hydrogen-bond donors (Lipinski definition) is 1. The summed E-state index contributed by atoms with van der Waals surface area (Å²) < 4.78 is 5.93. The molecule has 2 aromatic heterocycles. The van der Waals surface area contributed by atoms with Crippen molar-refractivity contribution in [2.24, 2.45) is 11.7 Å². The zero-order valence-corrected chi connectivity index (χ0v) is 16.9. The van der Waals surface area contributed by atoms with E-state index in [1.165, 1.54) is 0 Å². The average Bonchev–Trinajstić information content (AvgIpc) is 2.65. The Kier molecular flexibility index (Phi) is 5.62. The van der Waals surface area contributed by atoms with Crippen molar-refractivity contribution < 1.29 is 4.74 Å². The number of pyridine rings is 2. The summed E-state index contributed by atoms with van der Waals surface area (Å²) in [4.78, 5) is 8.91. The van der Waals surface area contributed by atoms with Gasteiger partial charge in [-0.3, -0.25) is 4.98 Å². The Morgan fingerprint density at radius 3 is 2.68 bits per heavy atom. The Morgan fingerprint density at radius 2 is 2.00 bits per heavy atom. The molecular weight excluding hydrogens is 348 g/mol. The van der Waals surface area contributed by atoms with Gasteiger partial charge in [-0.25, -0.2) is 4.98 Å². The Morgan fingerprint density at radius 1 is 1.21 bits per heavy atom. The highest BCUT2D eigenvalue weighted by atomic mass is 16.5. The lowest BCUT2D eigenvalue weighted by Gasteiger charge is -2.26. The van der Waals surface area contributed by atoms with Crippen LogP contribution in [0, 0.1) is 24.2 Å². The highest BCUT2D eigenvalue weighted by molar-refractivity contribution is 5.94. The molecule has 1 unspecified atom stereocenters. The fourth-order valence-corrected chi connectivity index (χ4v) is 3.55. The van der Waals surface area contributed by atoms with Crippen LogP contribution in [0.4, 0.5) is 0 Å². The van der Waals surface area contributed by atoms with Crippen LogP contribution in [0.2, 0.25) is 0 Å². The Balaban J connectivity index is 1.87. The highest BCUT2D eigenvalue weighted by Crippen LogP contribution is 2.30. The van der Waals surface area contributed by atoms with Crippen LogP contribution in [-0.2, 0) is 0 Å². The molecule has 5 heteroatoms. The van der Waals surface area contributed by atoms with E-state index in [1.807, 2.05) is 38.2 Å². The molecule has 0 radical (unpaired) electrons. The summed E-state index contributed by atoms with van der Waals surface area (Å²) in [6.07, 6.45) is 4.45. The van der Waals surface area contributed by atoms with Crippen LogP contribution in [0.25, 0.3) is 22.0 Å². The molecule has 0 aliphatic carbocycles. The lowest BCUT2D eigenvalue weighted by atomic mass is 9.93. The standard InChI is InChI=1S/C23H26N4O/c1-15(2)11-23(4,25)14-28-22-16(3)9-18(13-27-22)19-7-8-26-21-10-17(12-24)5-6-20(19)21/h5-10,13,15H,11,14,25H2,1-4H3. The molecule has 0 aliphatic rings. The third-order valence-electron chi connectivity index (χ3n) is 4.63. The van der Waals surface area contributed by atoms with Crippen LogP contribution in [0.5, 0.6) is 5.88 Å². The van der Waals surface area contributed by atoms with Crippen LogP contribution >= 0.6 is 0 Å². The topological polar surface area (TPSA) is 84.8 Å². The molecule has 144 valence electrons. The second kappa shape index (κ2) is 7.95. The normalized spacial score (nSPS) is 13.3. The van der Waals surface area contributed by atoms with Gasteiger partial charge in [0.15, 0.2) is 0 Å². The molecule has 0 saturated heterocycles. The Labute approximate surface area is 166 Å². The summed E-state index contributed by atoms with van der Waals surface area (Å²) in [5.41, 5.74) is 10.3. The maximum Gasteiger partial charge on any atom is 0.216 e. The molecule has 0 fully saturated rings. The molecule has 2 heterocycles. The molecule has 28 heavy (non-hydrogen) atoms. The van der Waals surface area contributed by atoms with E-state index in [1.54, 1.807) is 12.3 Å². The molecule has 0 spiro atoms. The molecule has 0 bridgehead atoms. The number of rotatable bonds is 6. The average molecular weight is 374 g/mol. The number of nitriles is 1. The van der Waals surface area contributed by atoms with Crippen LogP contribution in [0.1, 0.15) is 38.3 Å². The van der Waals surface area contributed by atoms with Crippen molar-refractivity contribution >= 4 is 10.9 Å². The van der Waals surface area contributed by atoms with Crippen LogP contribution < -0.4 is 10.5 Å². The summed E-state index contributed by atoms with van der Waals surface area (Å²) in [7, 11) is 0. The quantitative estimate of drug-likeness (QED) is 0.680. The Hall–Kier alpha value is -2.97. The third-order valence-corrected chi connectivity index (χ3v) is 4.63. The lowest BCUT2D eigenvalue weighted by Crippen LogP contribution is -2.43. The first-order valence-corrected chi connectivity index (χ1v) is 9.46. The zero-order chi connectivity index (χ0) is 20.3. The fourth-order valence-electron chi connectivity index (χ4n) is 3.55. The molecule has 3 rings (SSSR count). The van der Waals surface area contributed by atoms with Gasteiger partial charge in [0, 0.05) is 34.4 Å². The first kappa shape index (κ1) is 19.8. The summed E-state index contributed by atoms with van der Waals surface area (Å²) in [5.74, 6) is 1.12. The highest BCUT2D eigenvalue weighted by Gasteiger charge is 2.21. The van der Waals surface area contributed by atoms with Gasteiger partial charge < -0.3 is 10.5 Å². The number of benzene rings is 1. The minimum absolute atomic E-state index is 0.388. The minimum atomic E-state index is -0.388. The largest absolute Gasteiger partial charge is 0.476 e. The predicted octanol–water partition coefficient (Wildman–Crippen LogP) is 4.62. The van der Waals surface area contributed by atoms with Crippen molar-refractivity contribution in [3.8, 4) is 23.1 Å². The molecule has 0 amide bonds. The number of nitrogens with two attached hydrogens (primary N) is 1. The van der Waals surface area contributed by atoms with Gasteiger partial charge in [-0.15, -0.1) is 0 Å². The first-order chi connectivity index (χ1) is 13.3. The van der Waals surface area contributed by atoms with Crippen LogP contribution in [-0.4, -0.2) is 22.1 Å². The number of aryl methyl sites for hydroxylation is 1. The molecule has 1 atom stereocenters. The van der Waals surface area contributed by atoms with Crippen molar-refractivity contribution in [1.82, 2.24) is 9.97 Å². The molecule has 0 aliphatic heterocycles. The third kappa shape index (κ3) is 4.47. The molecule has 5 nitrogen and oxygen atoms in total. The molecule has 2 N–H and O–H groups in total. The van der Waals surface area contributed by atoms with E-state index < -0.39 is 0 Å². The lowest BCUT2D eigenvalue weighted by molar-refractivity contribution is 0.199. The number of aromatic nitrogens is 2. The summed E-state index contributed by atoms with van der Waals surface area (Å²) in [5, 5.41) is 10.1. The summed E-state index contributed by atoms with van der Waals surface area (Å²) in [6, 6.07) is 11.7. The van der Waals surface area contributed by atoms with E-state index in [2.05, 4.69) is 36.0 Å². The SMILES string of the molecule is Cc1cc(-c2ccnc3cc(C#N)ccc23)cnc1OCC(C)(N)CC(C)C. The van der Waals surface area contributed by atoms with E-state index in [9.17, 15) is 0 Å². The van der Waals surface area contributed by atoms with Gasteiger partial charge in [0.2, 0.25) is 5.88 Å². The van der Waals surface area contributed by atoms with E-state index in [0.717, 1.165) is 34.0 Å². The van der Waals surface area contributed by atoms with E-state index >= 15 is 0 Å². The predicted molar refractivity (Wildman–Crippen MR) is 112 cm³/mol. The van der Waals surface area contributed by atoms with Crippen molar-refractivity contribution in [3.05, 3.63) is 53.9 Å². The first-order valence-electron chi connectivity index (χ1n) is 9.46. The van der Waals surface area contributed by atoms with Gasteiger partial charge in [0.1, 0.15) is 6.61 Å². The second-order valence-electron chi connectivity index (χ2n) is 8.09. The van der Waals surface area contributed by atoms with Crippen molar-refractivity contribution in [2.75, 3.05) is 6.61 Å². The van der Waals surface area contributed by atoms with E-state index in [4.69, 9.17) is 15.7 Å². The van der Waals surface area contributed by atoms with Gasteiger partial charge in [0.05, 0.1) is 17.1 Å². The smallest absolute Gasteiger partial charge is 0.216 e. The maximum atomic E-state index is 9.10. The minimum Gasteiger partial charge on any atom is -0.476 e. The van der Waals surface area contributed by atoms with E-state index in [0.29, 0.717) is 24.0 Å². The summed E-state index contributed by atoms with van der Waals surface area (Å²) >= 11 is 0. The van der Waals surface area contributed by atoms with Gasteiger partial charge in [0.25, 0.3) is 0 Å². The van der Waals surface area contributed by atoms with Crippen molar-refractivity contribution in [1.29, 1.82) is 5.26 Å². The van der Waals surface area contributed by atoms with E-state index in [-0.39, 0.29) is 5.54 Å². The molecular formula is C23H26N4O. The fraction of sp³-hybridized carbons (Fsp3) is 0.348. The van der Waals surface area contributed by atoms with Crippen molar-refractivity contribution in [2.45, 2.75) is 39.7 Å². The second-order valence-corrected chi connectivity index (χ2v) is 8.09. The molecule has 3 aromatic rings. The number of nitrogens with zero attached hydrogens (tertiary/aromatic N) is 3. The Bertz CT molecular complexity index is 1030. The van der Waals surface area contributed by atoms with Crippen LogP contribution in [0.3, 0.4) is 0 Å². The number of hydrogen-bond acceptors (Lipinski definition) is 5. The van der Waals surface area contributed by atoms with Gasteiger partial charge >= 0.3 is 0 Å².